The molecule has 3 rings (SSSR count). The predicted octanol–water partition coefficient (Wildman–Crippen LogP) is 3.04. The Hall–Kier alpha value is -2.10. The van der Waals surface area contributed by atoms with Crippen molar-refractivity contribution in [2.75, 3.05) is 13.1 Å². The second-order valence-electron chi connectivity index (χ2n) is 6.17. The van der Waals surface area contributed by atoms with Crippen molar-refractivity contribution in [2.24, 2.45) is 17.8 Å². The van der Waals surface area contributed by atoms with Gasteiger partial charge in [-0.3, -0.25) is 4.79 Å². The summed E-state index contributed by atoms with van der Waals surface area (Å²) >= 11 is 0. The van der Waals surface area contributed by atoms with Crippen LogP contribution < -0.4 is 0 Å². The molecule has 1 amide bonds. The van der Waals surface area contributed by atoms with Crippen LogP contribution in [0.5, 0.6) is 0 Å². The second-order valence-corrected chi connectivity index (χ2v) is 6.17. The van der Waals surface area contributed by atoms with Gasteiger partial charge in [-0.25, -0.2) is 4.79 Å². The lowest BCUT2D eigenvalue weighted by Gasteiger charge is -2.18. The molecule has 0 aromatic heterocycles. The van der Waals surface area contributed by atoms with Crippen LogP contribution in [0.2, 0.25) is 0 Å². The van der Waals surface area contributed by atoms with Crippen molar-refractivity contribution >= 4 is 11.9 Å². The van der Waals surface area contributed by atoms with Crippen LogP contribution >= 0.6 is 0 Å². The fraction of sp³-hybridized carbons (Fsp3) is 0.444. The van der Waals surface area contributed by atoms with E-state index in [4.69, 9.17) is 4.74 Å². The normalized spacial score (nSPS) is 26.8. The minimum atomic E-state index is -0.314. The topological polar surface area (TPSA) is 46.6 Å². The molecule has 1 aliphatic carbocycles. The smallest absolute Gasteiger partial charge is 0.410 e. The van der Waals surface area contributed by atoms with Gasteiger partial charge in [0.15, 0.2) is 0 Å². The molecule has 0 bridgehead atoms. The molecule has 0 N–H and O–H groups in total. The highest BCUT2D eigenvalue weighted by Gasteiger charge is 2.48. The number of fused-ring (bicyclic) bond motifs is 1. The van der Waals surface area contributed by atoms with Crippen molar-refractivity contribution in [3.05, 3.63) is 48.6 Å². The maximum atomic E-state index is 12.3. The largest absolute Gasteiger partial charge is 0.445 e. The van der Waals surface area contributed by atoms with Gasteiger partial charge in [-0.15, -0.1) is 6.58 Å². The Kier molecular flexibility index (Phi) is 4.27. The lowest BCUT2D eigenvalue weighted by atomic mass is 10.00. The molecule has 0 spiro atoms. The van der Waals surface area contributed by atoms with E-state index in [2.05, 4.69) is 6.58 Å². The Morgan fingerprint density at radius 3 is 2.77 bits per heavy atom. The number of benzene rings is 1. The summed E-state index contributed by atoms with van der Waals surface area (Å²) in [6, 6.07) is 9.62. The van der Waals surface area contributed by atoms with Crippen LogP contribution in [0, 0.1) is 17.8 Å². The third kappa shape index (κ3) is 2.91. The standard InChI is InChI=1S/C18H21NO3/c1-2-6-14-9-15-10-19(11-16(15)17(14)20)18(21)22-12-13-7-4-3-5-8-13/h2-5,7-8,14-16H,1,6,9-12H2/t14?,15-,16+/m0/s1. The maximum absolute atomic E-state index is 12.3. The van der Waals surface area contributed by atoms with E-state index in [0.717, 1.165) is 18.4 Å². The highest BCUT2D eigenvalue weighted by Crippen LogP contribution is 2.40. The number of hydrogen-bond donors (Lipinski definition) is 0. The van der Waals surface area contributed by atoms with Crippen LogP contribution in [-0.4, -0.2) is 29.9 Å². The van der Waals surface area contributed by atoms with Gasteiger partial charge in [0.25, 0.3) is 0 Å². The van der Waals surface area contributed by atoms with Crippen molar-refractivity contribution in [3.8, 4) is 0 Å². The fourth-order valence-corrected chi connectivity index (χ4v) is 3.59. The number of likely N-dealkylation sites (tertiary alicyclic amines) is 1. The van der Waals surface area contributed by atoms with Crippen molar-refractivity contribution in [2.45, 2.75) is 19.4 Å². The van der Waals surface area contributed by atoms with E-state index in [0.29, 0.717) is 24.8 Å². The Balaban J connectivity index is 1.52. The Bertz CT molecular complexity index is 569. The van der Waals surface area contributed by atoms with E-state index in [1.54, 1.807) is 4.90 Å². The zero-order valence-electron chi connectivity index (χ0n) is 12.6. The van der Waals surface area contributed by atoms with E-state index in [1.165, 1.54) is 0 Å². The highest BCUT2D eigenvalue weighted by molar-refractivity contribution is 5.87. The Morgan fingerprint density at radius 1 is 1.32 bits per heavy atom. The Morgan fingerprint density at radius 2 is 2.09 bits per heavy atom. The number of hydrogen-bond acceptors (Lipinski definition) is 3. The molecule has 4 nitrogen and oxygen atoms in total. The van der Waals surface area contributed by atoms with Gasteiger partial charge in [-0.1, -0.05) is 36.4 Å². The van der Waals surface area contributed by atoms with Gasteiger partial charge in [-0.05, 0) is 24.3 Å². The van der Waals surface area contributed by atoms with Crippen molar-refractivity contribution in [1.29, 1.82) is 0 Å². The van der Waals surface area contributed by atoms with Crippen molar-refractivity contribution in [3.63, 3.8) is 0 Å². The van der Waals surface area contributed by atoms with Crippen LogP contribution in [0.25, 0.3) is 0 Å². The molecule has 2 aliphatic rings. The molecule has 1 aromatic rings. The van der Waals surface area contributed by atoms with Gasteiger partial charge in [0.1, 0.15) is 12.4 Å². The van der Waals surface area contributed by atoms with Gasteiger partial charge >= 0.3 is 6.09 Å². The molecule has 1 aromatic carbocycles. The molecule has 3 atom stereocenters. The monoisotopic (exact) mass is 299 g/mol. The number of rotatable bonds is 4. The molecule has 1 saturated carbocycles. The summed E-state index contributed by atoms with van der Waals surface area (Å²) in [6.07, 6.45) is 3.13. The summed E-state index contributed by atoms with van der Waals surface area (Å²) in [5.41, 5.74) is 0.970. The number of allylic oxidation sites excluding steroid dienone is 1. The zero-order valence-corrected chi connectivity index (χ0v) is 12.6. The molecule has 1 heterocycles. The van der Waals surface area contributed by atoms with Gasteiger partial charge in [0, 0.05) is 24.9 Å². The Labute approximate surface area is 130 Å². The van der Waals surface area contributed by atoms with E-state index in [1.807, 2.05) is 36.4 Å². The molecule has 1 saturated heterocycles. The van der Waals surface area contributed by atoms with Gasteiger partial charge in [0.05, 0.1) is 0 Å². The molecular formula is C18H21NO3. The quantitative estimate of drug-likeness (QED) is 0.803. The first-order valence-corrected chi connectivity index (χ1v) is 7.79. The summed E-state index contributed by atoms with van der Waals surface area (Å²) in [7, 11) is 0. The lowest BCUT2D eigenvalue weighted by molar-refractivity contribution is -0.123. The van der Waals surface area contributed by atoms with E-state index in [-0.39, 0.29) is 24.5 Å². The lowest BCUT2D eigenvalue weighted by Crippen LogP contribution is -2.31. The summed E-state index contributed by atoms with van der Waals surface area (Å²) in [6.45, 7) is 5.13. The van der Waals surface area contributed by atoms with Crippen LogP contribution in [0.15, 0.2) is 43.0 Å². The summed E-state index contributed by atoms with van der Waals surface area (Å²) in [5.74, 6) is 0.689. The molecular weight excluding hydrogens is 278 g/mol. The summed E-state index contributed by atoms with van der Waals surface area (Å²) in [5, 5.41) is 0. The molecule has 2 fully saturated rings. The number of nitrogens with zero attached hydrogens (tertiary/aromatic N) is 1. The zero-order chi connectivity index (χ0) is 15.5. The number of carbonyl (C=O) groups is 2. The van der Waals surface area contributed by atoms with Gasteiger partial charge < -0.3 is 9.64 Å². The van der Waals surface area contributed by atoms with Crippen molar-refractivity contribution < 1.29 is 14.3 Å². The third-order valence-corrected chi connectivity index (χ3v) is 4.71. The van der Waals surface area contributed by atoms with E-state index >= 15 is 0 Å². The van der Waals surface area contributed by atoms with Gasteiger partial charge in [-0.2, -0.15) is 0 Å². The molecule has 116 valence electrons. The third-order valence-electron chi connectivity index (χ3n) is 4.71. The second kappa shape index (κ2) is 6.34. The van der Waals surface area contributed by atoms with E-state index in [9.17, 15) is 9.59 Å². The predicted molar refractivity (Wildman–Crippen MR) is 83.1 cm³/mol. The molecule has 1 aliphatic heterocycles. The van der Waals surface area contributed by atoms with Gasteiger partial charge in [0.2, 0.25) is 0 Å². The number of ketones is 1. The number of amides is 1. The first-order valence-electron chi connectivity index (χ1n) is 7.79. The fourth-order valence-electron chi connectivity index (χ4n) is 3.59. The summed E-state index contributed by atoms with van der Waals surface area (Å²) < 4.78 is 5.35. The van der Waals surface area contributed by atoms with Crippen LogP contribution in [0.3, 0.4) is 0 Å². The molecule has 0 radical (unpaired) electrons. The first kappa shape index (κ1) is 14.8. The SMILES string of the molecule is C=CCC1C[C@H]2CN(C(=O)OCc3ccccc3)C[C@H]2C1=O. The minimum absolute atomic E-state index is 0.00535. The maximum Gasteiger partial charge on any atom is 0.410 e. The van der Waals surface area contributed by atoms with E-state index < -0.39 is 0 Å². The summed E-state index contributed by atoms with van der Waals surface area (Å²) in [4.78, 5) is 26.1. The average Bonchev–Trinajstić information content (AvgIpc) is 3.07. The first-order chi connectivity index (χ1) is 10.7. The van der Waals surface area contributed by atoms with Crippen LogP contribution in [0.1, 0.15) is 18.4 Å². The number of ether oxygens (including phenoxy) is 1. The molecule has 4 heteroatoms. The molecule has 1 unspecified atom stereocenters. The minimum Gasteiger partial charge on any atom is -0.445 e. The number of Topliss-reactive ketones (excluding diaryl/α,β-unsaturated/α-hetero) is 1. The van der Waals surface area contributed by atoms with Crippen molar-refractivity contribution in [1.82, 2.24) is 4.90 Å². The van der Waals surface area contributed by atoms with Crippen LogP contribution in [-0.2, 0) is 16.1 Å². The van der Waals surface area contributed by atoms with Crippen LogP contribution in [0.4, 0.5) is 4.79 Å². The average molecular weight is 299 g/mol. The molecule has 22 heavy (non-hydrogen) atoms. The highest BCUT2D eigenvalue weighted by atomic mass is 16.6. The number of carbonyl (C=O) groups excluding carboxylic acids is 2.